The van der Waals surface area contributed by atoms with Crippen LogP contribution in [0, 0.1) is 10.1 Å². The quantitative estimate of drug-likeness (QED) is 0.135. The fourth-order valence-corrected chi connectivity index (χ4v) is 3.86. The number of nitro benzene ring substituents is 1. The van der Waals surface area contributed by atoms with E-state index in [0.29, 0.717) is 34.2 Å². The van der Waals surface area contributed by atoms with Gasteiger partial charge in [-0.15, -0.1) is 0 Å². The molecule has 0 spiro atoms. The highest BCUT2D eigenvalue weighted by atomic mass is 16.6. The summed E-state index contributed by atoms with van der Waals surface area (Å²) >= 11 is 0. The first kappa shape index (κ1) is 29.4. The number of ether oxygens (including phenoxy) is 6. The zero-order chi connectivity index (χ0) is 29.2. The van der Waals surface area contributed by atoms with Gasteiger partial charge in [0.25, 0.3) is 0 Å². The minimum absolute atomic E-state index is 0.00441. The smallest absolute Gasteiger partial charge is 0.315 e. The Kier molecular flexibility index (Phi) is 9.95. The van der Waals surface area contributed by atoms with Crippen molar-refractivity contribution < 1.29 is 38.1 Å². The monoisotopic (exact) mass is 550 g/mol. The summed E-state index contributed by atoms with van der Waals surface area (Å²) in [5.41, 5.74) is 2.12. The van der Waals surface area contributed by atoms with E-state index < -0.39 is 10.8 Å². The molecule has 0 fully saturated rings. The van der Waals surface area contributed by atoms with Crippen molar-refractivity contribution in [2.45, 2.75) is 0 Å². The number of carbonyl (C=O) groups is 1. The van der Waals surface area contributed by atoms with E-state index in [4.69, 9.17) is 28.4 Å². The molecule has 1 amide bonds. The van der Waals surface area contributed by atoms with Gasteiger partial charge in [-0.1, -0.05) is 18.2 Å². The fraction of sp³-hybridized carbons (Fsp3) is 0.207. The number of amides is 1. The summed E-state index contributed by atoms with van der Waals surface area (Å²) in [7, 11) is 8.81. The lowest BCUT2D eigenvalue weighted by Crippen LogP contribution is -2.09. The Morgan fingerprint density at radius 2 is 1.20 bits per heavy atom. The lowest BCUT2D eigenvalue weighted by Gasteiger charge is -2.13. The number of methoxy groups -OCH3 is 6. The highest BCUT2D eigenvalue weighted by Crippen LogP contribution is 2.39. The van der Waals surface area contributed by atoms with E-state index in [1.54, 1.807) is 26.4 Å². The van der Waals surface area contributed by atoms with Crippen molar-refractivity contribution in [2.75, 3.05) is 48.0 Å². The van der Waals surface area contributed by atoms with Gasteiger partial charge in [-0.2, -0.15) is 0 Å². The minimum atomic E-state index is -0.583. The van der Waals surface area contributed by atoms with Crippen LogP contribution < -0.4 is 33.7 Å². The molecule has 11 nitrogen and oxygen atoms in total. The molecule has 0 radical (unpaired) electrons. The average molecular weight is 551 g/mol. The number of hydrogen-bond acceptors (Lipinski definition) is 9. The number of nitrogens with one attached hydrogen (secondary N) is 1. The van der Waals surface area contributed by atoms with Crippen LogP contribution in [-0.2, 0) is 4.79 Å². The first-order valence-corrected chi connectivity index (χ1v) is 11.8. The van der Waals surface area contributed by atoms with Crippen molar-refractivity contribution >= 4 is 35.5 Å². The second-order valence-electron chi connectivity index (χ2n) is 8.11. The number of nitro groups is 1. The second kappa shape index (κ2) is 13.6. The lowest BCUT2D eigenvalue weighted by atomic mass is 10.1. The van der Waals surface area contributed by atoms with Gasteiger partial charge in [-0.25, -0.2) is 0 Å². The van der Waals surface area contributed by atoms with Crippen LogP contribution in [0.25, 0.3) is 18.2 Å². The van der Waals surface area contributed by atoms with E-state index in [-0.39, 0.29) is 17.2 Å². The Bertz CT molecular complexity index is 1420. The molecule has 3 aromatic rings. The Morgan fingerprint density at radius 3 is 1.73 bits per heavy atom. The summed E-state index contributed by atoms with van der Waals surface area (Å²) in [5, 5.41) is 14.2. The number of hydrogen-bond donors (Lipinski definition) is 1. The molecule has 0 unspecified atom stereocenters. The van der Waals surface area contributed by atoms with Crippen LogP contribution in [0.1, 0.15) is 16.7 Å². The molecule has 40 heavy (non-hydrogen) atoms. The molecule has 0 aliphatic rings. The zero-order valence-corrected chi connectivity index (χ0v) is 23.0. The molecule has 3 rings (SSSR count). The first-order valence-electron chi connectivity index (χ1n) is 11.8. The number of carbonyl (C=O) groups excluding carboxylic acids is 1. The van der Waals surface area contributed by atoms with Crippen molar-refractivity contribution in [3.63, 3.8) is 0 Å². The molecule has 3 aromatic carbocycles. The minimum Gasteiger partial charge on any atom is -0.495 e. The normalized spacial score (nSPS) is 10.8. The van der Waals surface area contributed by atoms with Crippen molar-refractivity contribution in [2.24, 2.45) is 0 Å². The molecule has 0 aliphatic carbocycles. The third-order valence-electron chi connectivity index (χ3n) is 5.74. The number of anilines is 1. The topological polar surface area (TPSA) is 128 Å². The van der Waals surface area contributed by atoms with Crippen molar-refractivity contribution in [1.29, 1.82) is 0 Å². The number of nitrogens with zero attached hydrogens (tertiary/aromatic N) is 1. The van der Waals surface area contributed by atoms with Crippen molar-refractivity contribution in [3.8, 4) is 34.5 Å². The van der Waals surface area contributed by atoms with Gasteiger partial charge in [0.2, 0.25) is 17.4 Å². The van der Waals surface area contributed by atoms with Crippen LogP contribution in [0.2, 0.25) is 0 Å². The molecule has 0 aliphatic heterocycles. The Labute approximate surface area is 231 Å². The Morgan fingerprint density at radius 1 is 0.675 bits per heavy atom. The summed E-state index contributed by atoms with van der Waals surface area (Å²) in [6.07, 6.45) is 6.41. The van der Waals surface area contributed by atoms with Crippen LogP contribution in [0.3, 0.4) is 0 Å². The Hall–Kier alpha value is -5.19. The van der Waals surface area contributed by atoms with E-state index in [1.165, 1.54) is 52.7 Å². The molecule has 0 saturated heterocycles. The predicted octanol–water partition coefficient (Wildman–Crippen LogP) is 5.47. The summed E-state index contributed by atoms with van der Waals surface area (Å²) < 4.78 is 31.9. The van der Waals surface area contributed by atoms with Crippen LogP contribution in [0.15, 0.2) is 48.5 Å². The molecule has 0 heterocycles. The maximum atomic E-state index is 12.7. The van der Waals surface area contributed by atoms with Gasteiger partial charge in [0.15, 0.2) is 17.2 Å². The number of rotatable bonds is 12. The van der Waals surface area contributed by atoms with E-state index in [2.05, 4.69) is 5.32 Å². The molecule has 0 atom stereocenters. The molecular formula is C29H30N2O9. The van der Waals surface area contributed by atoms with Gasteiger partial charge in [0.1, 0.15) is 5.75 Å². The van der Waals surface area contributed by atoms with E-state index in [1.807, 2.05) is 30.4 Å². The second-order valence-corrected chi connectivity index (χ2v) is 8.11. The Balaban J connectivity index is 1.84. The summed E-state index contributed by atoms with van der Waals surface area (Å²) in [6.45, 7) is 0. The first-order chi connectivity index (χ1) is 19.3. The van der Waals surface area contributed by atoms with E-state index >= 15 is 0 Å². The van der Waals surface area contributed by atoms with Crippen molar-refractivity contribution in [1.82, 2.24) is 0 Å². The largest absolute Gasteiger partial charge is 0.495 e. The summed E-state index contributed by atoms with van der Waals surface area (Å²) in [4.78, 5) is 23.6. The average Bonchev–Trinajstić information content (AvgIpc) is 2.97. The molecular weight excluding hydrogens is 520 g/mol. The molecule has 210 valence electrons. The maximum absolute atomic E-state index is 12.7. The molecule has 0 bridgehead atoms. The fourth-order valence-electron chi connectivity index (χ4n) is 3.86. The molecule has 1 N–H and O–H groups in total. The van der Waals surface area contributed by atoms with Gasteiger partial charge >= 0.3 is 5.69 Å². The van der Waals surface area contributed by atoms with Gasteiger partial charge in [-0.05, 0) is 53.1 Å². The summed E-state index contributed by atoms with van der Waals surface area (Å²) in [6, 6.07) is 11.8. The van der Waals surface area contributed by atoms with Gasteiger partial charge in [0, 0.05) is 12.1 Å². The van der Waals surface area contributed by atoms with Crippen LogP contribution in [-0.4, -0.2) is 53.5 Å². The SMILES string of the molecule is COc1ccc(/C=C/c2cc(OC)c(OC)c(OC)c2)cc1NC(=O)/C=C/c1cc(OC)c(OC)c([N+](=O)[O-])c1. The molecule has 0 saturated carbocycles. The molecule has 0 aromatic heterocycles. The third kappa shape index (κ3) is 6.81. The predicted molar refractivity (Wildman–Crippen MR) is 152 cm³/mol. The zero-order valence-electron chi connectivity index (χ0n) is 23.0. The van der Waals surface area contributed by atoms with E-state index in [0.717, 1.165) is 11.1 Å². The standard InChI is InChI=1S/C29H30N2O9/c1-35-23-11-9-18(7-8-20-16-25(37-3)29(40-6)26(17-20)38-4)13-21(23)30-27(32)12-10-19-14-22(31(33)34)28(39-5)24(15-19)36-2/h7-17H,1-6H3,(H,30,32)/b8-7+,12-10+. The van der Waals surface area contributed by atoms with Crippen LogP contribution >= 0.6 is 0 Å². The van der Waals surface area contributed by atoms with E-state index in [9.17, 15) is 14.9 Å². The third-order valence-corrected chi connectivity index (χ3v) is 5.74. The molecule has 11 heteroatoms. The number of benzene rings is 3. The lowest BCUT2D eigenvalue weighted by molar-refractivity contribution is -0.385. The maximum Gasteiger partial charge on any atom is 0.315 e. The summed E-state index contributed by atoms with van der Waals surface area (Å²) in [5.74, 6) is 1.69. The van der Waals surface area contributed by atoms with Gasteiger partial charge in [0.05, 0.1) is 53.3 Å². The van der Waals surface area contributed by atoms with Gasteiger partial charge in [-0.3, -0.25) is 14.9 Å². The van der Waals surface area contributed by atoms with Gasteiger partial charge < -0.3 is 33.7 Å². The van der Waals surface area contributed by atoms with Crippen LogP contribution in [0.4, 0.5) is 11.4 Å². The highest BCUT2D eigenvalue weighted by molar-refractivity contribution is 6.03. The highest BCUT2D eigenvalue weighted by Gasteiger charge is 2.21. The van der Waals surface area contributed by atoms with Crippen LogP contribution in [0.5, 0.6) is 34.5 Å². The van der Waals surface area contributed by atoms with Crippen molar-refractivity contribution in [3.05, 3.63) is 75.3 Å².